The highest BCUT2D eigenvalue weighted by Crippen LogP contribution is 2.15. The van der Waals surface area contributed by atoms with Crippen LogP contribution in [0.4, 0.5) is 5.69 Å². The Morgan fingerprint density at radius 3 is 2.69 bits per heavy atom. The lowest BCUT2D eigenvalue weighted by atomic mass is 10.1. The van der Waals surface area contributed by atoms with Crippen LogP contribution in [0.15, 0.2) is 24.3 Å². The average molecular weight is 223 g/mol. The topological polar surface area (TPSA) is 49.8 Å². The van der Waals surface area contributed by atoms with Crippen LogP contribution in [0, 0.1) is 0 Å². The molecule has 0 saturated carbocycles. The average Bonchev–Trinajstić information content (AvgIpc) is 2.25. The van der Waals surface area contributed by atoms with E-state index in [-0.39, 0.29) is 0 Å². The molecule has 0 aliphatic carbocycles. The van der Waals surface area contributed by atoms with Gasteiger partial charge in [0.05, 0.1) is 0 Å². The van der Waals surface area contributed by atoms with Crippen LogP contribution in [-0.2, 0) is 16.0 Å². The van der Waals surface area contributed by atoms with Crippen molar-refractivity contribution in [2.75, 3.05) is 26.1 Å². The van der Waals surface area contributed by atoms with E-state index in [4.69, 9.17) is 9.84 Å². The Bertz CT molecular complexity index is 363. The summed E-state index contributed by atoms with van der Waals surface area (Å²) in [7, 11) is 5.31. The fraction of sp³-hybridized carbons (Fsp3) is 0.417. The summed E-state index contributed by atoms with van der Waals surface area (Å²) in [4.78, 5) is 12.8. The zero-order valence-electron chi connectivity index (χ0n) is 9.80. The molecule has 0 bridgehead atoms. The van der Waals surface area contributed by atoms with Gasteiger partial charge in [0.15, 0.2) is 6.10 Å². The lowest BCUT2D eigenvalue weighted by Gasteiger charge is -2.15. The highest BCUT2D eigenvalue weighted by atomic mass is 16.5. The van der Waals surface area contributed by atoms with Gasteiger partial charge in [0.2, 0.25) is 0 Å². The second-order valence-corrected chi connectivity index (χ2v) is 3.83. The molecule has 0 aliphatic rings. The molecule has 0 aromatic heterocycles. The smallest absolute Gasteiger partial charge is 0.333 e. The quantitative estimate of drug-likeness (QED) is 0.819. The van der Waals surface area contributed by atoms with E-state index in [1.165, 1.54) is 7.11 Å². The minimum atomic E-state index is -0.933. The van der Waals surface area contributed by atoms with E-state index < -0.39 is 12.1 Å². The van der Waals surface area contributed by atoms with Gasteiger partial charge >= 0.3 is 5.97 Å². The molecule has 88 valence electrons. The maximum absolute atomic E-state index is 10.8. The highest BCUT2D eigenvalue weighted by molar-refractivity contribution is 5.72. The summed E-state index contributed by atoms with van der Waals surface area (Å²) in [5.74, 6) is -0.933. The van der Waals surface area contributed by atoms with Gasteiger partial charge in [-0.05, 0) is 17.7 Å². The molecule has 0 aliphatic heterocycles. The van der Waals surface area contributed by atoms with E-state index in [1.807, 2.05) is 43.3 Å². The molecule has 0 heterocycles. The molecule has 1 rings (SSSR count). The van der Waals surface area contributed by atoms with Crippen molar-refractivity contribution in [1.29, 1.82) is 0 Å². The first-order chi connectivity index (χ1) is 7.54. The minimum absolute atomic E-state index is 0.382. The number of hydrogen-bond donors (Lipinski definition) is 1. The zero-order valence-corrected chi connectivity index (χ0v) is 9.80. The van der Waals surface area contributed by atoms with Crippen molar-refractivity contribution >= 4 is 11.7 Å². The molecule has 1 aromatic carbocycles. The normalized spacial score (nSPS) is 12.2. The Hall–Kier alpha value is -1.55. The van der Waals surface area contributed by atoms with E-state index in [0.717, 1.165) is 11.3 Å². The van der Waals surface area contributed by atoms with Crippen molar-refractivity contribution < 1.29 is 14.6 Å². The Morgan fingerprint density at radius 1 is 1.50 bits per heavy atom. The molecule has 16 heavy (non-hydrogen) atoms. The molecule has 0 saturated heterocycles. The third kappa shape index (κ3) is 3.24. The summed E-state index contributed by atoms with van der Waals surface area (Å²) in [5, 5.41) is 8.88. The number of rotatable bonds is 5. The van der Waals surface area contributed by atoms with Crippen molar-refractivity contribution in [2.24, 2.45) is 0 Å². The van der Waals surface area contributed by atoms with Gasteiger partial charge in [0.1, 0.15) is 0 Å². The van der Waals surface area contributed by atoms with Gasteiger partial charge in [-0.2, -0.15) is 0 Å². The summed E-state index contributed by atoms with van der Waals surface area (Å²) < 4.78 is 4.90. The van der Waals surface area contributed by atoms with Crippen LogP contribution < -0.4 is 4.90 Å². The van der Waals surface area contributed by atoms with E-state index in [2.05, 4.69) is 0 Å². The molecular formula is C12H17NO3. The number of aliphatic carboxylic acids is 1. The molecule has 1 aromatic rings. The number of carbonyl (C=O) groups is 1. The first-order valence-corrected chi connectivity index (χ1v) is 5.06. The van der Waals surface area contributed by atoms with Gasteiger partial charge < -0.3 is 14.7 Å². The zero-order chi connectivity index (χ0) is 12.1. The van der Waals surface area contributed by atoms with Crippen molar-refractivity contribution in [1.82, 2.24) is 0 Å². The Kier molecular flexibility index (Phi) is 4.31. The van der Waals surface area contributed by atoms with Gasteiger partial charge in [-0.25, -0.2) is 4.79 Å². The molecule has 4 nitrogen and oxygen atoms in total. The second-order valence-electron chi connectivity index (χ2n) is 3.83. The molecule has 0 radical (unpaired) electrons. The molecule has 0 amide bonds. The predicted octanol–water partition coefficient (Wildman–Crippen LogP) is 1.39. The lowest BCUT2D eigenvalue weighted by molar-refractivity contribution is -0.148. The van der Waals surface area contributed by atoms with Gasteiger partial charge in [0.25, 0.3) is 0 Å². The van der Waals surface area contributed by atoms with Crippen LogP contribution in [-0.4, -0.2) is 38.4 Å². The summed E-state index contributed by atoms with van der Waals surface area (Å²) >= 11 is 0. The number of nitrogens with zero attached hydrogens (tertiary/aromatic N) is 1. The van der Waals surface area contributed by atoms with Crippen molar-refractivity contribution in [3.8, 4) is 0 Å². The third-order valence-corrected chi connectivity index (χ3v) is 2.41. The Labute approximate surface area is 95.5 Å². The van der Waals surface area contributed by atoms with Crippen LogP contribution in [0.3, 0.4) is 0 Å². The largest absolute Gasteiger partial charge is 0.479 e. The molecule has 1 N–H and O–H groups in total. The van der Waals surface area contributed by atoms with Crippen molar-refractivity contribution in [3.05, 3.63) is 29.8 Å². The molecular weight excluding hydrogens is 206 g/mol. The first-order valence-electron chi connectivity index (χ1n) is 5.06. The first kappa shape index (κ1) is 12.5. The van der Waals surface area contributed by atoms with Gasteiger partial charge in [-0.3, -0.25) is 0 Å². The second kappa shape index (κ2) is 5.51. The summed E-state index contributed by atoms with van der Waals surface area (Å²) in [6, 6.07) is 7.77. The van der Waals surface area contributed by atoms with Crippen LogP contribution in [0.2, 0.25) is 0 Å². The predicted molar refractivity (Wildman–Crippen MR) is 62.9 cm³/mol. The van der Waals surface area contributed by atoms with Crippen LogP contribution >= 0.6 is 0 Å². The maximum atomic E-state index is 10.8. The molecule has 0 fully saturated rings. The molecule has 1 atom stereocenters. The SMILES string of the molecule is COC(Cc1cccc(N(C)C)c1)C(=O)O. The van der Waals surface area contributed by atoms with Crippen molar-refractivity contribution in [2.45, 2.75) is 12.5 Å². The monoisotopic (exact) mass is 223 g/mol. The van der Waals surface area contributed by atoms with Gasteiger partial charge in [0, 0.05) is 33.3 Å². The van der Waals surface area contributed by atoms with Crippen molar-refractivity contribution in [3.63, 3.8) is 0 Å². The third-order valence-electron chi connectivity index (χ3n) is 2.41. The van der Waals surface area contributed by atoms with E-state index >= 15 is 0 Å². The van der Waals surface area contributed by atoms with Crippen LogP contribution in [0.1, 0.15) is 5.56 Å². The number of benzene rings is 1. The van der Waals surface area contributed by atoms with Crippen LogP contribution in [0.25, 0.3) is 0 Å². The fourth-order valence-corrected chi connectivity index (χ4v) is 1.45. The number of methoxy groups -OCH3 is 1. The Balaban J connectivity index is 2.80. The van der Waals surface area contributed by atoms with E-state index in [0.29, 0.717) is 6.42 Å². The maximum Gasteiger partial charge on any atom is 0.333 e. The molecule has 1 unspecified atom stereocenters. The summed E-state index contributed by atoms with van der Waals surface area (Å²) in [5.41, 5.74) is 2.01. The molecule has 4 heteroatoms. The lowest BCUT2D eigenvalue weighted by Crippen LogP contribution is -2.24. The fourth-order valence-electron chi connectivity index (χ4n) is 1.45. The van der Waals surface area contributed by atoms with E-state index in [9.17, 15) is 4.79 Å². The number of hydrogen-bond acceptors (Lipinski definition) is 3. The number of carboxylic acid groups (broad SMARTS) is 1. The minimum Gasteiger partial charge on any atom is -0.479 e. The van der Waals surface area contributed by atoms with Gasteiger partial charge in [-0.1, -0.05) is 12.1 Å². The number of ether oxygens (including phenoxy) is 1. The van der Waals surface area contributed by atoms with Crippen LogP contribution in [0.5, 0.6) is 0 Å². The summed E-state index contributed by atoms with van der Waals surface area (Å²) in [6.07, 6.45) is -0.398. The van der Waals surface area contributed by atoms with E-state index in [1.54, 1.807) is 0 Å². The standard InChI is InChI=1S/C12H17NO3/c1-13(2)10-6-4-5-9(7-10)8-11(16-3)12(14)15/h4-7,11H,8H2,1-3H3,(H,14,15). The number of carboxylic acids is 1. The highest BCUT2D eigenvalue weighted by Gasteiger charge is 2.16. The molecule has 0 spiro atoms. The Morgan fingerprint density at radius 2 is 2.19 bits per heavy atom. The number of anilines is 1. The van der Waals surface area contributed by atoms with Gasteiger partial charge in [-0.15, -0.1) is 0 Å². The summed E-state index contributed by atoms with van der Waals surface area (Å²) in [6.45, 7) is 0.